The number of anilines is 1. The number of hydrogen-bond acceptors (Lipinski definition) is 5. The quantitative estimate of drug-likeness (QED) is 0.699. The molecule has 6 heteroatoms. The van der Waals surface area contributed by atoms with E-state index in [4.69, 9.17) is 18.6 Å². The molecular weight excluding hydrogens is 370 g/mol. The Balaban J connectivity index is 1.21. The Morgan fingerprint density at radius 3 is 2.72 bits per heavy atom. The largest absolute Gasteiger partial charge is 0.486 e. The van der Waals surface area contributed by atoms with E-state index in [9.17, 15) is 4.79 Å². The van der Waals surface area contributed by atoms with E-state index in [-0.39, 0.29) is 18.3 Å². The van der Waals surface area contributed by atoms with E-state index in [1.807, 2.05) is 6.07 Å². The monoisotopic (exact) mass is 391 g/mol. The van der Waals surface area contributed by atoms with Crippen molar-refractivity contribution >= 4 is 11.6 Å². The van der Waals surface area contributed by atoms with Crippen molar-refractivity contribution in [2.24, 2.45) is 0 Å². The van der Waals surface area contributed by atoms with Crippen molar-refractivity contribution in [1.29, 1.82) is 0 Å². The Morgan fingerprint density at radius 1 is 0.931 bits per heavy atom. The summed E-state index contributed by atoms with van der Waals surface area (Å²) in [6, 6.07) is 14.9. The number of amides is 1. The summed E-state index contributed by atoms with van der Waals surface area (Å²) in [6.45, 7) is 1.30. The Labute approximate surface area is 168 Å². The standard InChI is InChI=1S/C23H21NO5/c25-23(24-17-5-8-20-22(13-17)27-11-10-26-20)21-9-7-19(29-21)14-28-18-6-4-15-2-1-3-16(15)12-18/h4-9,12-13H,1-3,10-11,14H2,(H,24,25). The average Bonchev–Trinajstić information content (AvgIpc) is 3.41. The van der Waals surface area contributed by atoms with Gasteiger partial charge in [-0.3, -0.25) is 4.79 Å². The molecule has 0 radical (unpaired) electrons. The van der Waals surface area contributed by atoms with Crippen molar-refractivity contribution in [3.05, 3.63) is 71.2 Å². The first-order valence-corrected chi connectivity index (χ1v) is 9.79. The fourth-order valence-corrected chi connectivity index (χ4v) is 3.68. The molecule has 2 heterocycles. The molecule has 0 fully saturated rings. The maximum atomic E-state index is 12.5. The highest BCUT2D eigenvalue weighted by atomic mass is 16.6. The maximum Gasteiger partial charge on any atom is 0.291 e. The van der Waals surface area contributed by atoms with Gasteiger partial charge in [0.25, 0.3) is 5.91 Å². The third kappa shape index (κ3) is 3.78. The minimum absolute atomic E-state index is 0.229. The predicted molar refractivity (Wildman–Crippen MR) is 107 cm³/mol. The molecule has 6 nitrogen and oxygen atoms in total. The van der Waals surface area contributed by atoms with E-state index in [0.29, 0.717) is 36.2 Å². The van der Waals surface area contributed by atoms with E-state index >= 15 is 0 Å². The highest BCUT2D eigenvalue weighted by Gasteiger charge is 2.16. The fourth-order valence-electron chi connectivity index (χ4n) is 3.68. The van der Waals surface area contributed by atoms with Gasteiger partial charge in [-0.1, -0.05) is 6.07 Å². The minimum Gasteiger partial charge on any atom is -0.486 e. The van der Waals surface area contributed by atoms with Gasteiger partial charge in [0.05, 0.1) is 0 Å². The molecule has 1 amide bonds. The zero-order chi connectivity index (χ0) is 19.6. The van der Waals surface area contributed by atoms with Gasteiger partial charge in [-0.2, -0.15) is 0 Å². The Kier molecular flexibility index (Phi) is 4.60. The number of fused-ring (bicyclic) bond motifs is 2. The van der Waals surface area contributed by atoms with Gasteiger partial charge in [-0.15, -0.1) is 0 Å². The van der Waals surface area contributed by atoms with Crippen LogP contribution in [0.4, 0.5) is 5.69 Å². The molecule has 0 atom stereocenters. The lowest BCUT2D eigenvalue weighted by atomic mass is 10.1. The third-order valence-corrected chi connectivity index (χ3v) is 5.14. The first-order valence-electron chi connectivity index (χ1n) is 9.79. The molecule has 1 aliphatic carbocycles. The molecule has 0 saturated heterocycles. The van der Waals surface area contributed by atoms with Gasteiger partial charge in [-0.25, -0.2) is 0 Å². The second kappa shape index (κ2) is 7.54. The lowest BCUT2D eigenvalue weighted by Gasteiger charge is -2.18. The lowest BCUT2D eigenvalue weighted by Crippen LogP contribution is -2.16. The van der Waals surface area contributed by atoms with Gasteiger partial charge < -0.3 is 23.9 Å². The Hall–Kier alpha value is -3.41. The van der Waals surface area contributed by atoms with Gasteiger partial charge in [0.15, 0.2) is 17.3 Å². The van der Waals surface area contributed by atoms with Crippen LogP contribution in [0.2, 0.25) is 0 Å². The molecule has 148 valence electrons. The SMILES string of the molecule is O=C(Nc1ccc2c(c1)OCCO2)c1ccc(COc2ccc3c(c2)CCC3)o1. The highest BCUT2D eigenvalue weighted by Crippen LogP contribution is 2.33. The molecule has 2 aliphatic rings. The highest BCUT2D eigenvalue weighted by molar-refractivity contribution is 6.02. The number of benzene rings is 2. The molecule has 0 saturated carbocycles. The molecule has 0 spiro atoms. The van der Waals surface area contributed by atoms with Gasteiger partial charge >= 0.3 is 0 Å². The smallest absolute Gasteiger partial charge is 0.291 e. The van der Waals surface area contributed by atoms with Crippen LogP contribution in [-0.4, -0.2) is 19.1 Å². The summed E-state index contributed by atoms with van der Waals surface area (Å²) < 4.78 is 22.5. The number of carbonyl (C=O) groups excluding carboxylic acids is 1. The summed E-state index contributed by atoms with van der Waals surface area (Å²) in [6.07, 6.45) is 3.46. The normalized spacial score (nSPS) is 14.3. The number of carbonyl (C=O) groups is 1. The summed E-state index contributed by atoms with van der Waals surface area (Å²) in [5.41, 5.74) is 3.39. The Morgan fingerprint density at radius 2 is 1.79 bits per heavy atom. The van der Waals surface area contributed by atoms with Crippen molar-refractivity contribution in [2.75, 3.05) is 18.5 Å². The van der Waals surface area contributed by atoms with Crippen LogP contribution in [-0.2, 0) is 19.4 Å². The number of rotatable bonds is 5. The molecule has 5 rings (SSSR count). The first kappa shape index (κ1) is 17.7. The first-order chi connectivity index (χ1) is 14.2. The van der Waals surface area contributed by atoms with Crippen molar-refractivity contribution in [2.45, 2.75) is 25.9 Å². The van der Waals surface area contributed by atoms with E-state index in [2.05, 4.69) is 17.4 Å². The van der Waals surface area contributed by atoms with Crippen molar-refractivity contribution in [1.82, 2.24) is 0 Å². The summed E-state index contributed by atoms with van der Waals surface area (Å²) >= 11 is 0. The van der Waals surface area contributed by atoms with Gasteiger partial charge in [0, 0.05) is 11.8 Å². The zero-order valence-corrected chi connectivity index (χ0v) is 15.9. The van der Waals surface area contributed by atoms with Gasteiger partial charge in [0.2, 0.25) is 0 Å². The van der Waals surface area contributed by atoms with Crippen molar-refractivity contribution in [3.8, 4) is 17.2 Å². The second-order valence-corrected chi connectivity index (χ2v) is 7.15. The topological polar surface area (TPSA) is 69.9 Å². The molecule has 1 N–H and O–H groups in total. The van der Waals surface area contributed by atoms with Crippen LogP contribution in [0, 0.1) is 0 Å². The second-order valence-electron chi connectivity index (χ2n) is 7.15. The summed E-state index contributed by atoms with van der Waals surface area (Å²) in [5.74, 6) is 2.62. The van der Waals surface area contributed by atoms with Crippen LogP contribution in [0.25, 0.3) is 0 Å². The molecule has 1 aromatic heterocycles. The predicted octanol–water partition coefficient (Wildman–Crippen LogP) is 4.37. The van der Waals surface area contributed by atoms with Crippen LogP contribution >= 0.6 is 0 Å². The van der Waals surface area contributed by atoms with Crippen molar-refractivity contribution in [3.63, 3.8) is 0 Å². The lowest BCUT2D eigenvalue weighted by molar-refractivity contribution is 0.0992. The van der Waals surface area contributed by atoms with Crippen LogP contribution in [0.1, 0.15) is 33.9 Å². The van der Waals surface area contributed by atoms with Gasteiger partial charge in [0.1, 0.15) is 31.3 Å². The van der Waals surface area contributed by atoms with Crippen LogP contribution in [0.15, 0.2) is 52.9 Å². The average molecular weight is 391 g/mol. The number of nitrogens with one attached hydrogen (secondary N) is 1. The van der Waals surface area contributed by atoms with Crippen molar-refractivity contribution < 1.29 is 23.4 Å². The minimum atomic E-state index is -0.328. The summed E-state index contributed by atoms with van der Waals surface area (Å²) in [7, 11) is 0. The van der Waals surface area contributed by atoms with E-state index in [0.717, 1.165) is 18.6 Å². The van der Waals surface area contributed by atoms with Crippen LogP contribution in [0.5, 0.6) is 17.2 Å². The number of hydrogen-bond donors (Lipinski definition) is 1. The van der Waals surface area contributed by atoms with Gasteiger partial charge in [-0.05, 0) is 66.8 Å². The molecule has 29 heavy (non-hydrogen) atoms. The summed E-state index contributed by atoms with van der Waals surface area (Å²) in [5, 5.41) is 2.81. The third-order valence-electron chi connectivity index (χ3n) is 5.14. The maximum absolute atomic E-state index is 12.5. The van der Waals surface area contributed by atoms with E-state index in [1.165, 1.54) is 17.5 Å². The van der Waals surface area contributed by atoms with Crippen LogP contribution in [0.3, 0.4) is 0 Å². The van der Waals surface area contributed by atoms with E-state index in [1.54, 1.807) is 30.3 Å². The number of ether oxygens (including phenoxy) is 3. The molecule has 0 bridgehead atoms. The number of furan rings is 1. The van der Waals surface area contributed by atoms with Crippen LogP contribution < -0.4 is 19.5 Å². The molecule has 1 aliphatic heterocycles. The molecular formula is C23H21NO5. The molecule has 3 aromatic rings. The fraction of sp³-hybridized carbons (Fsp3) is 0.261. The van der Waals surface area contributed by atoms with E-state index < -0.39 is 0 Å². The number of aryl methyl sites for hydroxylation is 2. The zero-order valence-electron chi connectivity index (χ0n) is 15.9. The summed E-state index contributed by atoms with van der Waals surface area (Å²) in [4.78, 5) is 12.5. The molecule has 2 aromatic carbocycles. The Bertz CT molecular complexity index is 1060. The molecule has 0 unspecified atom stereocenters.